The standard InChI is InChI=1S/C13H19FN2O/c1-10(6-8-15)13(17)16-9-7-11-2-4-12(14)5-3-11/h2-5,10H,6-9,15H2,1H3,(H,16,17). The molecule has 0 radical (unpaired) electrons. The number of rotatable bonds is 6. The third-order valence-electron chi connectivity index (χ3n) is 2.67. The number of nitrogens with two attached hydrogens (primary N) is 1. The van der Waals surface area contributed by atoms with Gasteiger partial charge in [0.15, 0.2) is 0 Å². The summed E-state index contributed by atoms with van der Waals surface area (Å²) in [5, 5.41) is 2.84. The van der Waals surface area contributed by atoms with Crippen LogP contribution in [0.1, 0.15) is 18.9 Å². The molecule has 4 heteroatoms. The molecule has 0 aliphatic heterocycles. The van der Waals surface area contributed by atoms with Gasteiger partial charge in [-0.3, -0.25) is 4.79 Å². The minimum atomic E-state index is -0.241. The van der Waals surface area contributed by atoms with Crippen LogP contribution in [0, 0.1) is 11.7 Å². The number of nitrogens with one attached hydrogen (secondary N) is 1. The number of halogens is 1. The highest BCUT2D eigenvalue weighted by atomic mass is 19.1. The Hall–Kier alpha value is -1.42. The molecule has 3 nitrogen and oxygen atoms in total. The summed E-state index contributed by atoms with van der Waals surface area (Å²) in [5.41, 5.74) is 6.40. The van der Waals surface area contributed by atoms with Crippen LogP contribution < -0.4 is 11.1 Å². The van der Waals surface area contributed by atoms with Gasteiger partial charge < -0.3 is 11.1 Å². The Morgan fingerprint density at radius 2 is 2.06 bits per heavy atom. The first-order chi connectivity index (χ1) is 8.13. The highest BCUT2D eigenvalue weighted by Crippen LogP contribution is 2.03. The quantitative estimate of drug-likeness (QED) is 0.788. The fourth-order valence-electron chi connectivity index (χ4n) is 1.54. The van der Waals surface area contributed by atoms with E-state index >= 15 is 0 Å². The number of hydrogen-bond acceptors (Lipinski definition) is 2. The third kappa shape index (κ3) is 4.95. The summed E-state index contributed by atoms with van der Waals surface area (Å²) in [5.74, 6) is -0.264. The molecule has 0 saturated carbocycles. The normalized spacial score (nSPS) is 12.2. The maximum atomic E-state index is 12.6. The molecule has 0 fully saturated rings. The van der Waals surface area contributed by atoms with Crippen LogP contribution in [0.15, 0.2) is 24.3 Å². The van der Waals surface area contributed by atoms with Crippen LogP contribution in [0.3, 0.4) is 0 Å². The van der Waals surface area contributed by atoms with Gasteiger partial charge in [0, 0.05) is 12.5 Å². The molecule has 94 valence electrons. The Bertz CT molecular complexity index is 351. The number of carbonyl (C=O) groups is 1. The molecule has 1 amide bonds. The molecule has 1 aromatic carbocycles. The number of benzene rings is 1. The Kier molecular flexibility index (Phi) is 5.63. The minimum absolute atomic E-state index is 0.0255. The van der Waals surface area contributed by atoms with Gasteiger partial charge in [0.05, 0.1) is 0 Å². The lowest BCUT2D eigenvalue weighted by Gasteiger charge is -2.10. The van der Waals surface area contributed by atoms with Gasteiger partial charge in [-0.1, -0.05) is 19.1 Å². The van der Waals surface area contributed by atoms with E-state index in [9.17, 15) is 9.18 Å². The highest BCUT2D eigenvalue weighted by Gasteiger charge is 2.10. The average Bonchev–Trinajstić information content (AvgIpc) is 2.32. The number of carbonyl (C=O) groups excluding carboxylic acids is 1. The molecule has 17 heavy (non-hydrogen) atoms. The van der Waals surface area contributed by atoms with Crippen LogP contribution in [0.5, 0.6) is 0 Å². The van der Waals surface area contributed by atoms with E-state index in [-0.39, 0.29) is 17.6 Å². The summed E-state index contributed by atoms with van der Waals surface area (Å²) in [6, 6.07) is 6.30. The number of amides is 1. The predicted octanol–water partition coefficient (Wildman–Crippen LogP) is 1.47. The summed E-state index contributed by atoms with van der Waals surface area (Å²) in [6.07, 6.45) is 1.41. The lowest BCUT2D eigenvalue weighted by atomic mass is 10.1. The summed E-state index contributed by atoms with van der Waals surface area (Å²) in [6.45, 7) is 2.95. The summed E-state index contributed by atoms with van der Waals surface area (Å²) in [7, 11) is 0. The minimum Gasteiger partial charge on any atom is -0.356 e. The average molecular weight is 238 g/mol. The van der Waals surface area contributed by atoms with Gasteiger partial charge in [0.1, 0.15) is 5.82 Å². The van der Waals surface area contributed by atoms with Crippen molar-refractivity contribution in [3.63, 3.8) is 0 Å². The van der Waals surface area contributed by atoms with Gasteiger partial charge in [0.2, 0.25) is 5.91 Å². The molecule has 0 aromatic heterocycles. The Morgan fingerprint density at radius 3 is 2.65 bits per heavy atom. The number of hydrogen-bond donors (Lipinski definition) is 2. The van der Waals surface area contributed by atoms with E-state index in [0.717, 1.165) is 5.56 Å². The zero-order chi connectivity index (χ0) is 12.7. The molecular formula is C13H19FN2O. The maximum Gasteiger partial charge on any atom is 0.222 e. The van der Waals surface area contributed by atoms with Crippen molar-refractivity contribution in [2.45, 2.75) is 19.8 Å². The second-order valence-electron chi connectivity index (χ2n) is 4.15. The van der Waals surface area contributed by atoms with E-state index in [2.05, 4.69) is 5.32 Å². The second-order valence-corrected chi connectivity index (χ2v) is 4.15. The van der Waals surface area contributed by atoms with E-state index in [0.29, 0.717) is 25.9 Å². The van der Waals surface area contributed by atoms with Crippen molar-refractivity contribution >= 4 is 5.91 Å². The molecule has 0 spiro atoms. The van der Waals surface area contributed by atoms with Crippen LogP contribution in [-0.2, 0) is 11.2 Å². The van der Waals surface area contributed by atoms with E-state index in [1.54, 1.807) is 12.1 Å². The molecule has 1 aromatic rings. The SMILES string of the molecule is CC(CCN)C(=O)NCCc1ccc(F)cc1. The maximum absolute atomic E-state index is 12.6. The van der Waals surface area contributed by atoms with E-state index in [4.69, 9.17) is 5.73 Å². The molecule has 0 aliphatic rings. The Balaban J connectivity index is 2.28. The van der Waals surface area contributed by atoms with Crippen LogP contribution in [0.25, 0.3) is 0 Å². The van der Waals surface area contributed by atoms with Crippen molar-refractivity contribution in [2.75, 3.05) is 13.1 Å². The van der Waals surface area contributed by atoms with E-state index < -0.39 is 0 Å². The van der Waals surface area contributed by atoms with Crippen molar-refractivity contribution < 1.29 is 9.18 Å². The van der Waals surface area contributed by atoms with Crippen LogP contribution >= 0.6 is 0 Å². The van der Waals surface area contributed by atoms with Crippen LogP contribution in [-0.4, -0.2) is 19.0 Å². The first-order valence-electron chi connectivity index (χ1n) is 5.85. The molecule has 0 bridgehead atoms. The monoisotopic (exact) mass is 238 g/mol. The smallest absolute Gasteiger partial charge is 0.222 e. The van der Waals surface area contributed by atoms with Gasteiger partial charge in [-0.15, -0.1) is 0 Å². The highest BCUT2D eigenvalue weighted by molar-refractivity contribution is 5.78. The summed E-state index contributed by atoms with van der Waals surface area (Å²) >= 11 is 0. The molecule has 0 heterocycles. The molecular weight excluding hydrogens is 219 g/mol. The zero-order valence-corrected chi connectivity index (χ0v) is 10.1. The largest absolute Gasteiger partial charge is 0.356 e. The van der Waals surface area contributed by atoms with Gasteiger partial charge in [0.25, 0.3) is 0 Å². The predicted molar refractivity (Wildman–Crippen MR) is 65.9 cm³/mol. The lowest BCUT2D eigenvalue weighted by molar-refractivity contribution is -0.124. The third-order valence-corrected chi connectivity index (χ3v) is 2.67. The summed E-state index contributed by atoms with van der Waals surface area (Å²) < 4.78 is 12.6. The van der Waals surface area contributed by atoms with Gasteiger partial charge in [-0.25, -0.2) is 4.39 Å². The van der Waals surface area contributed by atoms with Crippen molar-refractivity contribution in [1.82, 2.24) is 5.32 Å². The van der Waals surface area contributed by atoms with Crippen LogP contribution in [0.2, 0.25) is 0 Å². The lowest BCUT2D eigenvalue weighted by Crippen LogP contribution is -2.31. The van der Waals surface area contributed by atoms with Crippen molar-refractivity contribution in [1.29, 1.82) is 0 Å². The van der Waals surface area contributed by atoms with E-state index in [1.807, 2.05) is 6.92 Å². The van der Waals surface area contributed by atoms with Crippen molar-refractivity contribution in [2.24, 2.45) is 11.7 Å². The van der Waals surface area contributed by atoms with E-state index in [1.165, 1.54) is 12.1 Å². The Morgan fingerprint density at radius 1 is 1.41 bits per heavy atom. The van der Waals surface area contributed by atoms with Crippen molar-refractivity contribution in [3.8, 4) is 0 Å². The fourth-order valence-corrected chi connectivity index (χ4v) is 1.54. The van der Waals surface area contributed by atoms with Crippen molar-refractivity contribution in [3.05, 3.63) is 35.6 Å². The molecule has 3 N–H and O–H groups in total. The fraction of sp³-hybridized carbons (Fsp3) is 0.462. The molecule has 1 unspecified atom stereocenters. The summed E-state index contributed by atoms with van der Waals surface area (Å²) in [4.78, 5) is 11.6. The van der Waals surface area contributed by atoms with Gasteiger partial charge in [-0.05, 0) is 37.1 Å². The molecule has 0 saturated heterocycles. The molecule has 1 atom stereocenters. The Labute approximate surface area is 101 Å². The first kappa shape index (κ1) is 13.6. The topological polar surface area (TPSA) is 55.1 Å². The zero-order valence-electron chi connectivity index (χ0n) is 10.1. The van der Waals surface area contributed by atoms with Gasteiger partial charge >= 0.3 is 0 Å². The molecule has 0 aliphatic carbocycles. The molecule has 1 rings (SSSR count). The first-order valence-corrected chi connectivity index (χ1v) is 5.85. The van der Waals surface area contributed by atoms with Gasteiger partial charge in [-0.2, -0.15) is 0 Å². The second kappa shape index (κ2) is 7.01. The van der Waals surface area contributed by atoms with Crippen LogP contribution in [0.4, 0.5) is 4.39 Å².